The molecule has 8 heteroatoms. The minimum absolute atomic E-state index is 0.0803. The molecule has 2 N–H and O–H groups in total. The van der Waals surface area contributed by atoms with E-state index in [0.717, 1.165) is 22.3 Å². The van der Waals surface area contributed by atoms with Crippen molar-refractivity contribution >= 4 is 27.3 Å². The minimum atomic E-state index is -3.83. The summed E-state index contributed by atoms with van der Waals surface area (Å²) in [5.41, 5.74) is 4.94. The number of hydrogen-bond acceptors (Lipinski definition) is 4. The Labute approximate surface area is 173 Å². The van der Waals surface area contributed by atoms with Crippen molar-refractivity contribution < 1.29 is 8.42 Å². The Morgan fingerprint density at radius 3 is 2.52 bits per heavy atom. The lowest BCUT2D eigenvalue weighted by molar-refractivity contribution is 0.597. The molecule has 6 nitrogen and oxygen atoms in total. The molecule has 144 valence electrons. The maximum absolute atomic E-state index is 11.5. The lowest BCUT2D eigenvalue weighted by Crippen LogP contribution is -2.12. The van der Waals surface area contributed by atoms with Crippen LogP contribution in [-0.2, 0) is 10.0 Å². The third-order valence-electron chi connectivity index (χ3n) is 4.34. The van der Waals surface area contributed by atoms with Crippen LogP contribution in [0.3, 0.4) is 0 Å². The number of fused-ring (bicyclic) bond motifs is 1. The van der Waals surface area contributed by atoms with E-state index in [1.165, 1.54) is 18.5 Å². The molecule has 0 radical (unpaired) electrons. The number of nitrogens with zero attached hydrogens (tertiary/aromatic N) is 3. The van der Waals surface area contributed by atoms with Crippen molar-refractivity contribution in [2.24, 2.45) is 5.14 Å². The van der Waals surface area contributed by atoms with Gasteiger partial charge in [-0.2, -0.15) is 0 Å². The van der Waals surface area contributed by atoms with Crippen LogP contribution < -0.4 is 5.14 Å². The monoisotopic (exact) mass is 422 g/mol. The second-order valence-electron chi connectivity index (χ2n) is 6.46. The van der Waals surface area contributed by atoms with Crippen molar-refractivity contribution in [3.05, 3.63) is 83.0 Å². The van der Waals surface area contributed by atoms with Gasteiger partial charge in [0.1, 0.15) is 16.2 Å². The zero-order chi connectivity index (χ0) is 20.6. The van der Waals surface area contributed by atoms with Crippen molar-refractivity contribution in [1.82, 2.24) is 14.4 Å². The number of sulfonamides is 1. The molecule has 29 heavy (non-hydrogen) atoms. The first-order valence-corrected chi connectivity index (χ1v) is 10.5. The fourth-order valence-corrected chi connectivity index (χ4v) is 3.55. The van der Waals surface area contributed by atoms with E-state index < -0.39 is 10.0 Å². The van der Waals surface area contributed by atoms with Crippen LogP contribution >= 0.6 is 11.6 Å². The average Bonchev–Trinajstić information content (AvgIpc) is 3.10. The highest BCUT2D eigenvalue weighted by Gasteiger charge is 2.09. The number of imidazole rings is 1. The molecule has 3 aromatic heterocycles. The van der Waals surface area contributed by atoms with Gasteiger partial charge in [0.2, 0.25) is 10.0 Å². The summed E-state index contributed by atoms with van der Waals surface area (Å²) in [6.45, 7) is 1.98. The lowest BCUT2D eigenvalue weighted by Gasteiger charge is -2.06. The summed E-state index contributed by atoms with van der Waals surface area (Å²) in [6, 6.07) is 11.0. The molecule has 0 fully saturated rings. The highest BCUT2D eigenvalue weighted by molar-refractivity contribution is 7.89. The molecule has 0 spiro atoms. The molecule has 1 aromatic carbocycles. The van der Waals surface area contributed by atoms with E-state index in [4.69, 9.17) is 16.7 Å². The van der Waals surface area contributed by atoms with E-state index in [0.29, 0.717) is 16.3 Å². The summed E-state index contributed by atoms with van der Waals surface area (Å²) in [5.74, 6) is 5.96. The molecule has 0 aliphatic carbocycles. The second-order valence-corrected chi connectivity index (χ2v) is 8.46. The van der Waals surface area contributed by atoms with E-state index in [-0.39, 0.29) is 4.90 Å². The van der Waals surface area contributed by atoms with Gasteiger partial charge in [0.05, 0.1) is 6.20 Å². The van der Waals surface area contributed by atoms with E-state index in [1.807, 2.05) is 41.8 Å². The smallest absolute Gasteiger partial charge is 0.239 e. The van der Waals surface area contributed by atoms with Crippen LogP contribution in [0.5, 0.6) is 0 Å². The van der Waals surface area contributed by atoms with E-state index in [1.54, 1.807) is 6.20 Å². The molecule has 4 rings (SSSR count). The van der Waals surface area contributed by atoms with E-state index in [2.05, 4.69) is 27.9 Å². The molecule has 0 aliphatic rings. The average molecular weight is 423 g/mol. The highest BCUT2D eigenvalue weighted by atomic mass is 35.5. The Balaban J connectivity index is 1.78. The zero-order valence-electron chi connectivity index (χ0n) is 15.3. The predicted octanol–water partition coefficient (Wildman–Crippen LogP) is 3.41. The van der Waals surface area contributed by atoms with Gasteiger partial charge in [-0.05, 0) is 53.8 Å². The largest absolute Gasteiger partial charge is 0.292 e. The van der Waals surface area contributed by atoms with Gasteiger partial charge in [0.25, 0.3) is 0 Å². The topological polar surface area (TPSA) is 90.4 Å². The van der Waals surface area contributed by atoms with Crippen LogP contribution in [-0.4, -0.2) is 22.8 Å². The molecular weight excluding hydrogens is 408 g/mol. The standard InChI is InChI=1S/C21H15ClN4O2S/c1-14-8-17(16-3-5-18(22)6-4-16)13-26-19(11-25-21(14)26)7-2-15-9-20(12-24-10-15)29(23,27)28/h3-6,8-13H,1H3,(H2,23,27,28). The van der Waals surface area contributed by atoms with Crippen LogP contribution in [0.1, 0.15) is 16.8 Å². The van der Waals surface area contributed by atoms with Crippen molar-refractivity contribution in [3.63, 3.8) is 0 Å². The van der Waals surface area contributed by atoms with Crippen molar-refractivity contribution in [2.75, 3.05) is 0 Å². The molecular formula is C21H15ClN4O2S. The number of hydrogen-bond donors (Lipinski definition) is 1. The Hall–Kier alpha value is -3.18. The van der Waals surface area contributed by atoms with Gasteiger partial charge in [-0.15, -0.1) is 0 Å². The van der Waals surface area contributed by atoms with Gasteiger partial charge in [0.15, 0.2) is 0 Å². The van der Waals surface area contributed by atoms with Crippen LogP contribution in [0, 0.1) is 18.8 Å². The quantitative estimate of drug-likeness (QED) is 0.501. The summed E-state index contributed by atoms with van der Waals surface area (Å²) >= 11 is 5.99. The van der Waals surface area contributed by atoms with Gasteiger partial charge in [-0.25, -0.2) is 18.5 Å². The summed E-state index contributed by atoms with van der Waals surface area (Å²) in [6.07, 6.45) is 6.31. The van der Waals surface area contributed by atoms with Gasteiger partial charge in [0, 0.05) is 29.2 Å². The van der Waals surface area contributed by atoms with Crippen LogP contribution in [0.4, 0.5) is 0 Å². The van der Waals surface area contributed by atoms with Crippen LogP contribution in [0.25, 0.3) is 16.8 Å². The summed E-state index contributed by atoms with van der Waals surface area (Å²) in [7, 11) is -3.83. The molecule has 0 unspecified atom stereocenters. The van der Waals surface area contributed by atoms with Gasteiger partial charge >= 0.3 is 0 Å². The maximum atomic E-state index is 11.5. The van der Waals surface area contributed by atoms with E-state index >= 15 is 0 Å². The van der Waals surface area contributed by atoms with Gasteiger partial charge in [-0.1, -0.05) is 29.7 Å². The first kappa shape index (κ1) is 19.2. The molecule has 0 saturated heterocycles. The number of aryl methyl sites for hydroxylation is 1. The minimum Gasteiger partial charge on any atom is -0.292 e. The lowest BCUT2D eigenvalue weighted by atomic mass is 10.1. The molecule has 4 aromatic rings. The first-order chi connectivity index (χ1) is 13.8. The molecule has 0 aliphatic heterocycles. The normalized spacial score (nSPS) is 11.3. The zero-order valence-corrected chi connectivity index (χ0v) is 16.9. The van der Waals surface area contributed by atoms with Crippen molar-refractivity contribution in [1.29, 1.82) is 0 Å². The Bertz CT molecular complexity index is 1400. The SMILES string of the molecule is Cc1cc(-c2ccc(Cl)cc2)cn2c(C#Cc3cncc(S(N)(=O)=O)c3)cnc12. The molecule has 0 amide bonds. The number of pyridine rings is 2. The molecule has 0 saturated carbocycles. The third kappa shape index (κ3) is 4.00. The number of benzene rings is 1. The Kier molecular flexibility index (Phi) is 4.84. The van der Waals surface area contributed by atoms with Crippen LogP contribution in [0.15, 0.2) is 66.1 Å². The van der Waals surface area contributed by atoms with Gasteiger partial charge < -0.3 is 0 Å². The summed E-state index contributed by atoms with van der Waals surface area (Å²) in [5, 5.41) is 5.83. The number of rotatable bonds is 2. The fraction of sp³-hybridized carbons (Fsp3) is 0.0476. The first-order valence-electron chi connectivity index (χ1n) is 8.55. The van der Waals surface area contributed by atoms with Crippen molar-refractivity contribution in [3.8, 4) is 23.0 Å². The van der Waals surface area contributed by atoms with E-state index in [9.17, 15) is 8.42 Å². The number of halogens is 1. The van der Waals surface area contributed by atoms with Crippen LogP contribution in [0.2, 0.25) is 5.02 Å². The Morgan fingerprint density at radius 2 is 1.79 bits per heavy atom. The number of aromatic nitrogens is 3. The number of nitrogens with two attached hydrogens (primary N) is 1. The predicted molar refractivity (Wildman–Crippen MR) is 112 cm³/mol. The van der Waals surface area contributed by atoms with Crippen molar-refractivity contribution in [2.45, 2.75) is 11.8 Å². The Morgan fingerprint density at radius 1 is 1.03 bits per heavy atom. The maximum Gasteiger partial charge on any atom is 0.239 e. The fourth-order valence-electron chi connectivity index (χ4n) is 2.93. The van der Waals surface area contributed by atoms with Gasteiger partial charge in [-0.3, -0.25) is 9.38 Å². The second kappa shape index (κ2) is 7.33. The molecule has 3 heterocycles. The number of primary sulfonamides is 1. The third-order valence-corrected chi connectivity index (χ3v) is 5.48. The summed E-state index contributed by atoms with van der Waals surface area (Å²) in [4.78, 5) is 8.26. The molecule has 0 atom stereocenters. The molecule has 0 bridgehead atoms. The summed E-state index contributed by atoms with van der Waals surface area (Å²) < 4.78 is 24.9. The highest BCUT2D eigenvalue weighted by Crippen LogP contribution is 2.24.